The monoisotopic (exact) mass is 420 g/mol. The van der Waals surface area contributed by atoms with Gasteiger partial charge in [-0.25, -0.2) is 9.67 Å². The van der Waals surface area contributed by atoms with Crippen LogP contribution < -0.4 is 0 Å². The van der Waals surface area contributed by atoms with Gasteiger partial charge in [-0.3, -0.25) is 4.79 Å². The maximum atomic E-state index is 12.9. The Morgan fingerprint density at radius 2 is 1.83 bits per heavy atom. The van der Waals surface area contributed by atoms with Gasteiger partial charge < -0.3 is 10.0 Å². The lowest BCUT2D eigenvalue weighted by atomic mass is 9.93. The van der Waals surface area contributed by atoms with Crippen LogP contribution in [-0.2, 0) is 11.0 Å². The summed E-state index contributed by atoms with van der Waals surface area (Å²) < 4.78 is 77.5. The van der Waals surface area contributed by atoms with Crippen molar-refractivity contribution in [1.82, 2.24) is 19.7 Å². The minimum Gasteiger partial charge on any atom is -0.378 e. The lowest BCUT2D eigenvalue weighted by molar-refractivity contribution is -0.296. The van der Waals surface area contributed by atoms with Gasteiger partial charge in [-0.1, -0.05) is 0 Å². The van der Waals surface area contributed by atoms with Gasteiger partial charge in [0.05, 0.1) is 18.7 Å². The summed E-state index contributed by atoms with van der Waals surface area (Å²) in [5.74, 6) is -0.808. The van der Waals surface area contributed by atoms with E-state index in [1.165, 1.54) is 13.0 Å². The maximum Gasteiger partial charge on any atom is 0.420 e. The fourth-order valence-corrected chi connectivity index (χ4v) is 2.72. The van der Waals surface area contributed by atoms with Crippen molar-refractivity contribution in [3.05, 3.63) is 41.7 Å². The van der Waals surface area contributed by atoms with E-state index in [-0.39, 0.29) is 11.4 Å². The molecule has 1 aliphatic rings. The van der Waals surface area contributed by atoms with E-state index in [0.717, 1.165) is 40.3 Å². The third-order valence-corrected chi connectivity index (χ3v) is 4.29. The molecule has 1 fully saturated rings. The zero-order valence-electron chi connectivity index (χ0n) is 14.8. The second-order valence-electron chi connectivity index (χ2n) is 6.67. The normalized spacial score (nSPS) is 16.9. The lowest BCUT2D eigenvalue weighted by Crippen LogP contribution is -2.70. The number of hydrogen-bond acceptors (Lipinski definition) is 4. The van der Waals surface area contributed by atoms with Gasteiger partial charge in [0.15, 0.2) is 11.4 Å². The summed E-state index contributed by atoms with van der Waals surface area (Å²) in [6.07, 6.45) is -6.21. The molecule has 6 nitrogen and oxygen atoms in total. The molecule has 1 aliphatic heterocycles. The Balaban J connectivity index is 1.70. The van der Waals surface area contributed by atoms with Crippen LogP contribution in [0.3, 0.4) is 0 Å². The summed E-state index contributed by atoms with van der Waals surface area (Å²) in [5, 5.41) is 13.3. The number of alkyl halides is 6. The fourth-order valence-electron chi connectivity index (χ4n) is 2.72. The molecule has 2 heterocycles. The molecule has 1 amide bonds. The Bertz CT molecular complexity index is 958. The molecule has 0 spiro atoms. The maximum absolute atomic E-state index is 12.9. The van der Waals surface area contributed by atoms with Crippen LogP contribution in [0.1, 0.15) is 11.1 Å². The minimum absolute atomic E-state index is 0.0216. The first-order chi connectivity index (χ1) is 13.3. The van der Waals surface area contributed by atoms with Crippen molar-refractivity contribution in [2.24, 2.45) is 0 Å². The zero-order chi connectivity index (χ0) is 21.6. The first-order valence-corrected chi connectivity index (χ1v) is 8.15. The molecule has 3 rings (SSSR count). The summed E-state index contributed by atoms with van der Waals surface area (Å²) in [6.45, 7) is -0.277. The molecule has 1 N–H and O–H groups in total. The molecule has 0 aliphatic carbocycles. The number of aryl methyl sites for hydroxylation is 1. The number of likely N-dealkylation sites (tertiary alicyclic amines) is 1. The number of carbonyl (C=O) groups is 1. The van der Waals surface area contributed by atoms with Crippen molar-refractivity contribution < 1.29 is 36.2 Å². The first-order valence-electron chi connectivity index (χ1n) is 8.15. The number of aliphatic hydroxyl groups is 1. The van der Waals surface area contributed by atoms with Crippen LogP contribution in [0, 0.1) is 6.92 Å². The second kappa shape index (κ2) is 6.87. The number of carbonyl (C=O) groups excluding carboxylic acids is 1. The Labute approximate surface area is 160 Å². The highest BCUT2D eigenvalue weighted by molar-refractivity contribution is 5.91. The van der Waals surface area contributed by atoms with Crippen LogP contribution in [0.25, 0.3) is 17.6 Å². The van der Waals surface area contributed by atoms with Crippen molar-refractivity contribution in [3.63, 3.8) is 0 Å². The van der Waals surface area contributed by atoms with E-state index in [0.29, 0.717) is 5.56 Å². The number of halogens is 6. The molecule has 0 saturated carbocycles. The van der Waals surface area contributed by atoms with Crippen LogP contribution in [0.2, 0.25) is 0 Å². The summed E-state index contributed by atoms with van der Waals surface area (Å²) in [5.41, 5.74) is -3.30. The van der Waals surface area contributed by atoms with E-state index in [1.54, 1.807) is 0 Å². The average Bonchev–Trinajstić information content (AvgIpc) is 3.03. The summed E-state index contributed by atoms with van der Waals surface area (Å²) >= 11 is 0. The molecule has 1 aromatic heterocycles. The van der Waals surface area contributed by atoms with Crippen molar-refractivity contribution in [3.8, 4) is 11.4 Å². The topological polar surface area (TPSA) is 71.2 Å². The highest BCUT2D eigenvalue weighted by Crippen LogP contribution is 2.37. The van der Waals surface area contributed by atoms with E-state index in [2.05, 4.69) is 10.1 Å². The molecular weight excluding hydrogens is 406 g/mol. The number of amides is 1. The molecule has 156 valence electrons. The molecule has 1 saturated heterocycles. The lowest BCUT2D eigenvalue weighted by Gasteiger charge is -2.46. The Morgan fingerprint density at radius 1 is 1.17 bits per heavy atom. The largest absolute Gasteiger partial charge is 0.420 e. The van der Waals surface area contributed by atoms with E-state index in [9.17, 15) is 36.2 Å². The van der Waals surface area contributed by atoms with Crippen LogP contribution in [-0.4, -0.2) is 55.5 Å². The van der Waals surface area contributed by atoms with E-state index in [1.807, 2.05) is 0 Å². The minimum atomic E-state index is -4.84. The molecular formula is C17H14F6N4O2. The van der Waals surface area contributed by atoms with Crippen LogP contribution in [0.4, 0.5) is 26.3 Å². The molecule has 2 aromatic rings. The number of aromatic nitrogens is 3. The van der Waals surface area contributed by atoms with Gasteiger partial charge in [-0.05, 0) is 30.7 Å². The van der Waals surface area contributed by atoms with Gasteiger partial charge in [0.1, 0.15) is 6.33 Å². The Kier molecular flexibility index (Phi) is 4.93. The van der Waals surface area contributed by atoms with Gasteiger partial charge in [0, 0.05) is 17.8 Å². The quantitative estimate of drug-likeness (QED) is 0.613. The molecule has 0 unspecified atom stereocenters. The van der Waals surface area contributed by atoms with Crippen LogP contribution in [0.15, 0.2) is 30.6 Å². The zero-order valence-corrected chi connectivity index (χ0v) is 14.8. The van der Waals surface area contributed by atoms with Gasteiger partial charge in [0.2, 0.25) is 5.91 Å². The second-order valence-corrected chi connectivity index (χ2v) is 6.67. The number of β-amino-alcohol motifs (C(OH)–C–C–N with tert-alkyl or cyclic N) is 1. The first kappa shape index (κ1) is 20.8. The van der Waals surface area contributed by atoms with Crippen LogP contribution in [0.5, 0.6) is 0 Å². The third-order valence-electron chi connectivity index (χ3n) is 4.29. The van der Waals surface area contributed by atoms with E-state index < -0.39 is 42.5 Å². The van der Waals surface area contributed by atoms with E-state index >= 15 is 0 Å². The summed E-state index contributed by atoms with van der Waals surface area (Å²) in [6, 6.07) is 3.33. The third kappa shape index (κ3) is 4.26. The molecule has 0 bridgehead atoms. The summed E-state index contributed by atoms with van der Waals surface area (Å²) in [7, 11) is 0. The highest BCUT2D eigenvalue weighted by Gasteiger charge is 2.61. The van der Waals surface area contributed by atoms with Gasteiger partial charge in [0.25, 0.3) is 0 Å². The van der Waals surface area contributed by atoms with Crippen molar-refractivity contribution in [2.45, 2.75) is 24.9 Å². The molecule has 1 aromatic carbocycles. The number of benzene rings is 1. The van der Waals surface area contributed by atoms with Gasteiger partial charge in [-0.2, -0.15) is 26.3 Å². The fraction of sp³-hybridized carbons (Fsp3) is 0.353. The van der Waals surface area contributed by atoms with Crippen LogP contribution >= 0.6 is 0 Å². The predicted octanol–water partition coefficient (Wildman–Crippen LogP) is 2.88. The highest BCUT2D eigenvalue weighted by atomic mass is 19.4. The predicted molar refractivity (Wildman–Crippen MR) is 88.1 cm³/mol. The summed E-state index contributed by atoms with van der Waals surface area (Å²) in [4.78, 5) is 16.5. The molecule has 0 radical (unpaired) electrons. The standard InChI is InChI=1S/C17H14F6N4O2/c1-10-4-11(6-12(5-10)16(18,19)20)14-24-9-27(25-14)3-2-13(28)26-7-15(29,8-26)17(21,22)23/h2-6,9,29H,7-8H2,1H3/b3-2-. The Hall–Kier alpha value is -2.89. The average molecular weight is 420 g/mol. The van der Waals surface area contributed by atoms with Gasteiger partial charge in [-0.15, -0.1) is 5.10 Å². The number of hydrogen-bond donors (Lipinski definition) is 1. The number of rotatable bonds is 3. The van der Waals surface area contributed by atoms with Crippen molar-refractivity contribution >= 4 is 12.1 Å². The molecule has 29 heavy (non-hydrogen) atoms. The molecule has 12 heteroatoms. The SMILES string of the molecule is Cc1cc(-c2ncn(/C=C\C(=O)N3CC(O)(C(F)(F)F)C3)n2)cc(C(F)(F)F)c1. The number of nitrogens with zero attached hydrogens (tertiary/aromatic N) is 4. The van der Waals surface area contributed by atoms with Crippen molar-refractivity contribution in [2.75, 3.05) is 13.1 Å². The Morgan fingerprint density at radius 3 is 2.41 bits per heavy atom. The van der Waals surface area contributed by atoms with Gasteiger partial charge >= 0.3 is 12.4 Å². The van der Waals surface area contributed by atoms with Crippen molar-refractivity contribution in [1.29, 1.82) is 0 Å². The molecule has 0 atom stereocenters. The van der Waals surface area contributed by atoms with E-state index in [4.69, 9.17) is 0 Å². The smallest absolute Gasteiger partial charge is 0.378 e.